The number of alkyl halides is 1. The maximum atomic E-state index is 12.3. The number of hydrogen-bond acceptors (Lipinski definition) is 1. The second kappa shape index (κ2) is 10.8. The lowest BCUT2D eigenvalue weighted by molar-refractivity contribution is 0.302. The fourth-order valence-corrected chi connectivity index (χ4v) is 4.12. The summed E-state index contributed by atoms with van der Waals surface area (Å²) in [4.78, 5) is 0. The summed E-state index contributed by atoms with van der Waals surface area (Å²) in [6.45, 7) is 9.34. The molecular weight excluding hydrogens is 265 g/mol. The SMILES string of the molecule is CCCCCC(N)(CCCCF)CCCC[Si](C)(C)C. The van der Waals surface area contributed by atoms with Gasteiger partial charge in [-0.1, -0.05) is 64.7 Å². The average Bonchev–Trinajstić information content (AvgIpc) is 2.35. The first-order chi connectivity index (χ1) is 9.33. The molecule has 1 atom stereocenters. The molecule has 1 unspecified atom stereocenters. The first-order valence-electron chi connectivity index (χ1n) is 8.68. The molecule has 0 saturated heterocycles. The molecule has 2 N–H and O–H groups in total. The van der Waals surface area contributed by atoms with Gasteiger partial charge in [0.25, 0.3) is 0 Å². The van der Waals surface area contributed by atoms with E-state index in [1.165, 1.54) is 38.1 Å². The van der Waals surface area contributed by atoms with Crippen LogP contribution in [0.25, 0.3) is 0 Å². The Kier molecular flexibility index (Phi) is 10.8. The highest BCUT2D eigenvalue weighted by Crippen LogP contribution is 2.26. The van der Waals surface area contributed by atoms with Gasteiger partial charge in [-0.3, -0.25) is 4.39 Å². The van der Waals surface area contributed by atoms with Gasteiger partial charge < -0.3 is 5.73 Å². The summed E-state index contributed by atoms with van der Waals surface area (Å²) in [5.41, 5.74) is 6.59. The number of halogens is 1. The highest BCUT2D eigenvalue weighted by molar-refractivity contribution is 6.76. The second-order valence-electron chi connectivity index (χ2n) is 7.73. The van der Waals surface area contributed by atoms with E-state index in [2.05, 4.69) is 26.6 Å². The molecule has 20 heavy (non-hydrogen) atoms. The summed E-state index contributed by atoms with van der Waals surface area (Å²) in [6, 6.07) is 1.41. The van der Waals surface area contributed by atoms with Crippen molar-refractivity contribution in [1.29, 1.82) is 0 Å². The molecule has 0 fully saturated rings. The van der Waals surface area contributed by atoms with Crippen LogP contribution in [-0.4, -0.2) is 20.3 Å². The van der Waals surface area contributed by atoms with Gasteiger partial charge in [-0.2, -0.15) is 0 Å². The van der Waals surface area contributed by atoms with Crippen LogP contribution in [0.15, 0.2) is 0 Å². The van der Waals surface area contributed by atoms with Crippen LogP contribution in [0.4, 0.5) is 4.39 Å². The van der Waals surface area contributed by atoms with Crippen molar-refractivity contribution in [3.63, 3.8) is 0 Å². The fourth-order valence-electron chi connectivity index (χ4n) is 2.81. The normalized spacial score (nSPS) is 15.3. The zero-order valence-electron chi connectivity index (χ0n) is 14.4. The minimum atomic E-state index is -0.906. The van der Waals surface area contributed by atoms with Crippen LogP contribution in [0.1, 0.15) is 71.1 Å². The molecule has 122 valence electrons. The monoisotopic (exact) mass is 303 g/mol. The zero-order chi connectivity index (χ0) is 15.5. The van der Waals surface area contributed by atoms with Crippen molar-refractivity contribution < 1.29 is 4.39 Å². The third kappa shape index (κ3) is 11.9. The lowest BCUT2D eigenvalue weighted by Crippen LogP contribution is -2.39. The lowest BCUT2D eigenvalue weighted by Gasteiger charge is -2.30. The molecule has 0 saturated carbocycles. The van der Waals surface area contributed by atoms with E-state index < -0.39 is 8.07 Å². The summed E-state index contributed by atoms with van der Waals surface area (Å²) in [7, 11) is -0.906. The first kappa shape index (κ1) is 20.1. The number of nitrogens with two attached hydrogens (primary N) is 1. The maximum Gasteiger partial charge on any atom is 0.0894 e. The Balaban J connectivity index is 4.08. The van der Waals surface area contributed by atoms with Gasteiger partial charge in [0.2, 0.25) is 0 Å². The highest BCUT2D eigenvalue weighted by Gasteiger charge is 2.23. The minimum absolute atomic E-state index is 0.0240. The van der Waals surface area contributed by atoms with E-state index in [9.17, 15) is 4.39 Å². The van der Waals surface area contributed by atoms with E-state index in [0.717, 1.165) is 25.7 Å². The van der Waals surface area contributed by atoms with Gasteiger partial charge in [-0.25, -0.2) is 0 Å². The Morgan fingerprint density at radius 2 is 1.35 bits per heavy atom. The average molecular weight is 304 g/mol. The van der Waals surface area contributed by atoms with E-state index in [0.29, 0.717) is 6.42 Å². The molecular formula is C17H38FNSi. The predicted octanol–water partition coefficient (Wildman–Crippen LogP) is 5.91. The first-order valence-corrected chi connectivity index (χ1v) is 12.4. The Labute approximate surface area is 127 Å². The van der Waals surface area contributed by atoms with E-state index in [4.69, 9.17) is 5.73 Å². The molecule has 0 aromatic heterocycles. The van der Waals surface area contributed by atoms with E-state index in [1.807, 2.05) is 0 Å². The Morgan fingerprint density at radius 1 is 0.850 bits per heavy atom. The van der Waals surface area contributed by atoms with Crippen LogP contribution < -0.4 is 5.73 Å². The van der Waals surface area contributed by atoms with Gasteiger partial charge in [-0.15, -0.1) is 0 Å². The Bertz CT molecular complexity index is 216. The second-order valence-corrected chi connectivity index (χ2v) is 13.4. The quantitative estimate of drug-likeness (QED) is 0.332. The molecule has 0 aromatic rings. The third-order valence-corrected chi connectivity index (χ3v) is 6.04. The van der Waals surface area contributed by atoms with Crippen molar-refractivity contribution >= 4 is 8.07 Å². The smallest absolute Gasteiger partial charge is 0.0894 e. The van der Waals surface area contributed by atoms with Crippen LogP contribution in [-0.2, 0) is 0 Å². The molecule has 0 radical (unpaired) electrons. The number of rotatable bonds is 13. The molecule has 0 bridgehead atoms. The van der Waals surface area contributed by atoms with Crippen molar-refractivity contribution in [3.8, 4) is 0 Å². The van der Waals surface area contributed by atoms with Crippen molar-refractivity contribution in [1.82, 2.24) is 0 Å². The third-order valence-electron chi connectivity index (χ3n) is 4.19. The molecule has 0 spiro atoms. The van der Waals surface area contributed by atoms with Crippen molar-refractivity contribution in [2.75, 3.05) is 6.67 Å². The number of hydrogen-bond donors (Lipinski definition) is 1. The van der Waals surface area contributed by atoms with Crippen LogP contribution in [0, 0.1) is 0 Å². The lowest BCUT2D eigenvalue weighted by atomic mass is 9.83. The van der Waals surface area contributed by atoms with Gasteiger partial charge in [-0.05, 0) is 32.1 Å². The van der Waals surface area contributed by atoms with Gasteiger partial charge >= 0.3 is 0 Å². The standard InChI is InChI=1S/C17H38FNSi/c1-5-6-7-12-17(19,13-8-10-15-18)14-9-11-16-20(2,3)4/h5-16,19H2,1-4H3. The highest BCUT2D eigenvalue weighted by atomic mass is 28.3. The van der Waals surface area contributed by atoms with E-state index >= 15 is 0 Å². The fraction of sp³-hybridized carbons (Fsp3) is 1.00. The molecule has 3 heteroatoms. The van der Waals surface area contributed by atoms with Crippen molar-refractivity contribution in [3.05, 3.63) is 0 Å². The van der Waals surface area contributed by atoms with Crippen LogP contribution in [0.2, 0.25) is 25.7 Å². The summed E-state index contributed by atoms with van der Waals surface area (Å²) < 4.78 is 12.3. The molecule has 0 aliphatic carbocycles. The maximum absolute atomic E-state index is 12.3. The van der Waals surface area contributed by atoms with Crippen LogP contribution >= 0.6 is 0 Å². The summed E-state index contributed by atoms with van der Waals surface area (Å²) in [6.07, 6.45) is 11.2. The van der Waals surface area contributed by atoms with Crippen LogP contribution in [0.3, 0.4) is 0 Å². The summed E-state index contributed by atoms with van der Waals surface area (Å²) in [5, 5.41) is 0. The molecule has 0 aliphatic rings. The molecule has 0 amide bonds. The van der Waals surface area contributed by atoms with Crippen molar-refractivity contribution in [2.24, 2.45) is 5.73 Å². The van der Waals surface area contributed by atoms with Gasteiger partial charge in [0.1, 0.15) is 0 Å². The molecule has 1 nitrogen and oxygen atoms in total. The van der Waals surface area contributed by atoms with Gasteiger partial charge in [0.15, 0.2) is 0 Å². The molecule has 0 aromatic carbocycles. The largest absolute Gasteiger partial charge is 0.325 e. The predicted molar refractivity (Wildman–Crippen MR) is 92.9 cm³/mol. The van der Waals surface area contributed by atoms with Crippen molar-refractivity contribution in [2.45, 2.75) is 102 Å². The minimum Gasteiger partial charge on any atom is -0.325 e. The zero-order valence-corrected chi connectivity index (χ0v) is 15.4. The van der Waals surface area contributed by atoms with Gasteiger partial charge in [0.05, 0.1) is 6.67 Å². The molecule has 0 rings (SSSR count). The molecule has 0 heterocycles. The summed E-state index contributed by atoms with van der Waals surface area (Å²) >= 11 is 0. The Hall–Kier alpha value is 0.107. The number of unbranched alkanes of at least 4 members (excludes halogenated alkanes) is 4. The van der Waals surface area contributed by atoms with E-state index in [-0.39, 0.29) is 12.2 Å². The van der Waals surface area contributed by atoms with Gasteiger partial charge in [0, 0.05) is 13.6 Å². The topological polar surface area (TPSA) is 26.0 Å². The van der Waals surface area contributed by atoms with E-state index in [1.54, 1.807) is 0 Å². The Morgan fingerprint density at radius 3 is 1.80 bits per heavy atom. The molecule has 0 aliphatic heterocycles. The van der Waals surface area contributed by atoms with Crippen LogP contribution in [0.5, 0.6) is 0 Å². The summed E-state index contributed by atoms with van der Waals surface area (Å²) in [5.74, 6) is 0.